The van der Waals surface area contributed by atoms with Gasteiger partial charge in [-0.05, 0) is 0 Å². The van der Waals surface area contributed by atoms with Crippen LogP contribution in [0.4, 0.5) is 0 Å². The van der Waals surface area contributed by atoms with Crippen LogP contribution < -0.4 is 0 Å². The molecule has 0 rings (SSSR count). The van der Waals surface area contributed by atoms with Crippen molar-refractivity contribution in [3.63, 3.8) is 0 Å². The number of allylic oxidation sites excluding steroid dienone is 2. The van der Waals surface area contributed by atoms with E-state index >= 15 is 0 Å². The molecule has 0 bridgehead atoms. The molecule has 0 amide bonds. The maximum absolute atomic E-state index is 2.12. The number of rotatable bonds is 1. The summed E-state index contributed by atoms with van der Waals surface area (Å²) in [5.41, 5.74) is 0. The SMILES string of the molecule is CC=C[CH2][Ir]. The second kappa shape index (κ2) is 4.39. The third kappa shape index (κ3) is 4.39. The van der Waals surface area contributed by atoms with E-state index in [0.717, 1.165) is 4.93 Å². The maximum atomic E-state index is 2.12. The molecule has 0 unspecified atom stereocenters. The average molecular weight is 247 g/mol. The second-order valence-electron chi connectivity index (χ2n) is 0.705. The van der Waals surface area contributed by atoms with Gasteiger partial charge in [-0.15, -0.1) is 0 Å². The summed E-state index contributed by atoms with van der Waals surface area (Å²) in [5.74, 6) is 0. The van der Waals surface area contributed by atoms with Crippen LogP contribution in [-0.4, -0.2) is 0 Å². The van der Waals surface area contributed by atoms with Gasteiger partial charge in [0.15, 0.2) is 0 Å². The zero-order chi connectivity index (χ0) is 4.12. The molecule has 0 nitrogen and oxygen atoms in total. The van der Waals surface area contributed by atoms with E-state index in [4.69, 9.17) is 0 Å². The summed E-state index contributed by atoms with van der Waals surface area (Å²) >= 11 is 2.12. The Morgan fingerprint density at radius 3 is 2.40 bits per heavy atom. The molecule has 0 N–H and O–H groups in total. The molecular weight excluding hydrogens is 240 g/mol. The minimum atomic E-state index is 1.16. The molecule has 32 valence electrons. The molecule has 0 radical (unpaired) electrons. The summed E-state index contributed by atoms with van der Waals surface area (Å²) in [6, 6.07) is 0. The summed E-state index contributed by atoms with van der Waals surface area (Å²) in [6.45, 7) is 2.03. The van der Waals surface area contributed by atoms with Crippen LogP contribution in [0.5, 0.6) is 0 Å². The van der Waals surface area contributed by atoms with Crippen molar-refractivity contribution in [1.29, 1.82) is 0 Å². The zero-order valence-electron chi connectivity index (χ0n) is 3.20. The fourth-order valence-electron chi connectivity index (χ4n) is 0.0786. The van der Waals surface area contributed by atoms with Crippen molar-refractivity contribution >= 4 is 0 Å². The van der Waals surface area contributed by atoms with E-state index < -0.39 is 0 Å². The van der Waals surface area contributed by atoms with E-state index in [9.17, 15) is 0 Å². The van der Waals surface area contributed by atoms with E-state index in [-0.39, 0.29) is 0 Å². The first-order chi connectivity index (χ1) is 2.41. The molecule has 0 aliphatic rings. The van der Waals surface area contributed by atoms with Crippen LogP contribution in [0, 0.1) is 0 Å². The van der Waals surface area contributed by atoms with Crippen LogP contribution in [0.3, 0.4) is 0 Å². The Morgan fingerprint density at radius 1 is 1.80 bits per heavy atom. The van der Waals surface area contributed by atoms with E-state index in [1.54, 1.807) is 0 Å². The van der Waals surface area contributed by atoms with Crippen LogP contribution in [0.15, 0.2) is 12.2 Å². The fourth-order valence-corrected chi connectivity index (χ4v) is 0.643. The summed E-state index contributed by atoms with van der Waals surface area (Å²) in [4.78, 5) is 1.16. The van der Waals surface area contributed by atoms with Crippen LogP contribution in [0.2, 0.25) is 4.93 Å². The molecule has 0 spiro atoms. The van der Waals surface area contributed by atoms with Gasteiger partial charge in [0.25, 0.3) is 0 Å². The molecular formula is C4H7Ir. The van der Waals surface area contributed by atoms with E-state index in [2.05, 4.69) is 31.1 Å². The van der Waals surface area contributed by atoms with Crippen LogP contribution >= 0.6 is 0 Å². The standard InChI is InChI=1S/C4H7.Ir/c1-3-4-2;/h3-4H,1H2,2H3;. The molecule has 1 heteroatoms. The first kappa shape index (κ1) is 5.39. The van der Waals surface area contributed by atoms with Gasteiger partial charge in [0.1, 0.15) is 0 Å². The first-order valence-corrected chi connectivity index (χ1v) is 3.25. The third-order valence-corrected chi connectivity index (χ3v) is 0.879. The summed E-state index contributed by atoms with van der Waals surface area (Å²) in [5, 5.41) is 0. The summed E-state index contributed by atoms with van der Waals surface area (Å²) < 4.78 is 0. The van der Waals surface area contributed by atoms with Crippen molar-refractivity contribution in [2.24, 2.45) is 0 Å². The Kier molecular flexibility index (Phi) is 4.73. The van der Waals surface area contributed by atoms with Gasteiger partial charge in [-0.25, -0.2) is 0 Å². The zero-order valence-corrected chi connectivity index (χ0v) is 5.59. The predicted molar refractivity (Wildman–Crippen MR) is 19.6 cm³/mol. The molecule has 0 heterocycles. The minimum absolute atomic E-state index is 1.16. The Bertz CT molecular complexity index is 30.6. The van der Waals surface area contributed by atoms with E-state index in [1.165, 1.54) is 0 Å². The van der Waals surface area contributed by atoms with Gasteiger partial charge in [0.05, 0.1) is 0 Å². The molecule has 0 saturated carbocycles. The second-order valence-corrected chi connectivity index (χ2v) is 1.68. The number of hydrogen-bond acceptors (Lipinski definition) is 0. The average Bonchev–Trinajstić information content (AvgIpc) is 1.41. The van der Waals surface area contributed by atoms with Crippen LogP contribution in [0.25, 0.3) is 0 Å². The molecule has 0 atom stereocenters. The van der Waals surface area contributed by atoms with Gasteiger partial charge >= 0.3 is 42.9 Å². The van der Waals surface area contributed by atoms with Gasteiger partial charge in [-0.2, -0.15) is 0 Å². The molecule has 0 aliphatic heterocycles. The molecule has 5 heavy (non-hydrogen) atoms. The predicted octanol–water partition coefficient (Wildman–Crippen LogP) is 1.53. The Morgan fingerprint density at radius 2 is 2.40 bits per heavy atom. The van der Waals surface area contributed by atoms with E-state index in [0.29, 0.717) is 0 Å². The van der Waals surface area contributed by atoms with Gasteiger partial charge < -0.3 is 0 Å². The van der Waals surface area contributed by atoms with Gasteiger partial charge in [0, 0.05) is 0 Å². The molecule has 0 aromatic carbocycles. The van der Waals surface area contributed by atoms with Gasteiger partial charge in [-0.1, -0.05) is 0 Å². The van der Waals surface area contributed by atoms with Crippen LogP contribution in [-0.2, 0) is 18.9 Å². The van der Waals surface area contributed by atoms with E-state index in [1.807, 2.05) is 6.92 Å². The topological polar surface area (TPSA) is 0 Å². The van der Waals surface area contributed by atoms with Crippen LogP contribution in [0.1, 0.15) is 6.92 Å². The Hall–Kier alpha value is 0.389. The Labute approximate surface area is 43.4 Å². The summed E-state index contributed by atoms with van der Waals surface area (Å²) in [7, 11) is 0. The number of hydrogen-bond donors (Lipinski definition) is 0. The van der Waals surface area contributed by atoms with Crippen molar-refractivity contribution < 1.29 is 18.9 Å². The van der Waals surface area contributed by atoms with Crippen molar-refractivity contribution in [2.45, 2.75) is 11.9 Å². The summed E-state index contributed by atoms with van der Waals surface area (Å²) in [6.07, 6.45) is 4.18. The first-order valence-electron chi connectivity index (χ1n) is 1.55. The normalized spacial score (nSPS) is 10.2. The van der Waals surface area contributed by atoms with Gasteiger partial charge in [-0.3, -0.25) is 0 Å². The van der Waals surface area contributed by atoms with Crippen molar-refractivity contribution in [3.05, 3.63) is 12.2 Å². The van der Waals surface area contributed by atoms with Crippen molar-refractivity contribution in [3.8, 4) is 0 Å². The Balaban J connectivity index is 2.62. The molecule has 0 aromatic rings. The molecule has 0 aliphatic carbocycles. The van der Waals surface area contributed by atoms with Crippen molar-refractivity contribution in [2.75, 3.05) is 0 Å². The fraction of sp³-hybridized carbons (Fsp3) is 0.500. The molecule has 0 saturated heterocycles. The monoisotopic (exact) mass is 248 g/mol. The van der Waals surface area contributed by atoms with Gasteiger partial charge in [0.2, 0.25) is 0 Å². The van der Waals surface area contributed by atoms with Crippen molar-refractivity contribution in [1.82, 2.24) is 0 Å². The third-order valence-electron chi connectivity index (χ3n) is 0.314. The molecule has 0 aromatic heterocycles. The quantitative estimate of drug-likeness (QED) is 0.616. The molecule has 0 fully saturated rings.